The molecule has 1 atom stereocenters. The van der Waals surface area contributed by atoms with Crippen molar-refractivity contribution >= 4 is 5.70 Å². The Bertz CT molecular complexity index is 1150. The zero-order chi connectivity index (χ0) is 22.9. The van der Waals surface area contributed by atoms with Gasteiger partial charge in [-0.05, 0) is 55.0 Å². The molecule has 0 bridgehead atoms. The van der Waals surface area contributed by atoms with E-state index in [1.165, 1.54) is 35.0 Å². The van der Waals surface area contributed by atoms with Gasteiger partial charge in [-0.15, -0.1) is 0 Å². The molecule has 0 amide bonds. The summed E-state index contributed by atoms with van der Waals surface area (Å²) in [5, 5.41) is 0. The van der Waals surface area contributed by atoms with Gasteiger partial charge in [-0.1, -0.05) is 18.2 Å². The molecule has 0 radical (unpaired) electrons. The van der Waals surface area contributed by atoms with Gasteiger partial charge in [0.1, 0.15) is 5.69 Å². The molecule has 1 aromatic carbocycles. The monoisotopic (exact) mass is 442 g/mol. The number of imidazole rings is 1. The van der Waals surface area contributed by atoms with Crippen molar-refractivity contribution in [2.75, 3.05) is 0 Å². The van der Waals surface area contributed by atoms with Crippen molar-refractivity contribution in [1.82, 2.24) is 20.0 Å². The third kappa shape index (κ3) is 4.34. The first-order valence-electron chi connectivity index (χ1n) is 10.4. The molecule has 0 saturated carbocycles. The predicted molar refractivity (Wildman–Crippen MR) is 117 cm³/mol. The number of aromatic nitrogens is 3. The second-order valence-corrected chi connectivity index (χ2v) is 8.05. The minimum Gasteiger partial charge on any atom is -0.397 e. The molecule has 32 heavy (non-hydrogen) atoms. The number of rotatable bonds is 5. The van der Waals surface area contributed by atoms with Gasteiger partial charge in [0.15, 0.2) is 5.70 Å². The van der Waals surface area contributed by atoms with Gasteiger partial charge in [0, 0.05) is 30.4 Å². The van der Waals surface area contributed by atoms with Crippen molar-refractivity contribution < 1.29 is 13.2 Å². The maximum absolute atomic E-state index is 13.1. The van der Waals surface area contributed by atoms with E-state index >= 15 is 0 Å². The largest absolute Gasteiger partial charge is 0.434 e. The predicted octanol–water partition coefficient (Wildman–Crippen LogP) is 4.03. The number of hydrazine groups is 1. The molecule has 1 aliphatic rings. The fourth-order valence-electron chi connectivity index (χ4n) is 4.45. The Balaban J connectivity index is 1.60. The van der Waals surface area contributed by atoms with Crippen LogP contribution in [-0.4, -0.2) is 20.7 Å². The maximum Gasteiger partial charge on any atom is 0.434 e. The first kappa shape index (κ1) is 21.9. The first-order valence-corrected chi connectivity index (χ1v) is 10.4. The van der Waals surface area contributed by atoms with Gasteiger partial charge in [0.05, 0.1) is 17.7 Å². The summed E-state index contributed by atoms with van der Waals surface area (Å²) in [4.78, 5) is 8.69. The average molecular weight is 442 g/mol. The minimum atomic E-state index is -4.70. The zero-order valence-electron chi connectivity index (χ0n) is 17.7. The molecular weight excluding hydrogens is 417 g/mol. The van der Waals surface area contributed by atoms with Crippen LogP contribution in [-0.2, 0) is 13.0 Å². The lowest BCUT2D eigenvalue weighted by atomic mass is 9.80. The molecule has 4 rings (SSSR count). The van der Waals surface area contributed by atoms with E-state index in [0.29, 0.717) is 17.3 Å². The summed E-state index contributed by atoms with van der Waals surface area (Å²) in [5.41, 5.74) is 11.0. The summed E-state index contributed by atoms with van der Waals surface area (Å²) in [6.45, 7) is 2.93. The van der Waals surface area contributed by atoms with E-state index in [1.54, 1.807) is 11.8 Å². The smallest absolute Gasteiger partial charge is 0.397 e. The Morgan fingerprint density at radius 2 is 2.03 bits per heavy atom. The van der Waals surface area contributed by atoms with E-state index in [1.807, 2.05) is 10.8 Å². The summed E-state index contributed by atoms with van der Waals surface area (Å²) in [7, 11) is 0. The third-order valence-electron chi connectivity index (χ3n) is 5.92. The molecule has 6 nitrogen and oxygen atoms in total. The van der Waals surface area contributed by atoms with Crippen LogP contribution in [0, 0.1) is 6.92 Å². The van der Waals surface area contributed by atoms with Crippen LogP contribution in [0.3, 0.4) is 0 Å². The third-order valence-corrected chi connectivity index (χ3v) is 5.92. The summed E-state index contributed by atoms with van der Waals surface area (Å²) in [6, 6.07) is 9.34. The van der Waals surface area contributed by atoms with E-state index in [4.69, 9.17) is 11.6 Å². The number of allylic oxidation sites excluding steroid dienone is 1. The van der Waals surface area contributed by atoms with Crippen molar-refractivity contribution in [1.29, 1.82) is 0 Å². The first-order chi connectivity index (χ1) is 15.3. The number of pyridine rings is 1. The number of nitrogens with two attached hydrogens (primary N) is 2. The molecule has 0 aliphatic heterocycles. The highest BCUT2D eigenvalue weighted by Gasteiger charge is 2.36. The standard InChI is InChI=1S/C23H25F3N6/c1-14-4-2-5-15-6-3-7-17(20(14)15)11-32-12-19(30-13-32)18-10-16(8-9-29-18)21(27)22(31-28)23(24,25)26/h2,4-5,8-10,12-13,17,31H,3,6-7,11,27-28H2,1H3/b22-21-. The van der Waals surface area contributed by atoms with Crippen LogP contribution in [0.15, 0.2) is 54.7 Å². The van der Waals surface area contributed by atoms with Crippen LogP contribution in [0.1, 0.15) is 41.0 Å². The molecule has 1 unspecified atom stereocenters. The Labute approximate surface area is 184 Å². The molecule has 9 heteroatoms. The highest BCUT2D eigenvalue weighted by molar-refractivity contribution is 5.69. The summed E-state index contributed by atoms with van der Waals surface area (Å²) in [6.07, 6.45) is 3.66. The van der Waals surface area contributed by atoms with Crippen LogP contribution in [0.25, 0.3) is 17.1 Å². The molecule has 1 aliphatic carbocycles. The van der Waals surface area contributed by atoms with Crippen molar-refractivity contribution in [3.8, 4) is 11.4 Å². The van der Waals surface area contributed by atoms with E-state index in [2.05, 4.69) is 35.1 Å². The van der Waals surface area contributed by atoms with Crippen molar-refractivity contribution in [3.63, 3.8) is 0 Å². The van der Waals surface area contributed by atoms with E-state index in [9.17, 15) is 13.2 Å². The number of aryl methyl sites for hydroxylation is 2. The zero-order valence-corrected chi connectivity index (χ0v) is 17.7. The Hall–Kier alpha value is -3.33. The van der Waals surface area contributed by atoms with Gasteiger partial charge < -0.3 is 15.7 Å². The van der Waals surface area contributed by atoms with Crippen LogP contribution in [0.4, 0.5) is 13.2 Å². The molecule has 0 fully saturated rings. The number of hydrogen-bond donors (Lipinski definition) is 3. The molecule has 2 aromatic heterocycles. The number of nitrogens with zero attached hydrogens (tertiary/aromatic N) is 3. The number of hydrogen-bond acceptors (Lipinski definition) is 5. The Morgan fingerprint density at radius 3 is 2.78 bits per heavy atom. The molecule has 168 valence electrons. The molecule has 0 saturated heterocycles. The van der Waals surface area contributed by atoms with E-state index < -0.39 is 17.6 Å². The maximum atomic E-state index is 13.1. The molecule has 2 heterocycles. The molecular formula is C23H25F3N6. The number of benzene rings is 1. The van der Waals surface area contributed by atoms with Gasteiger partial charge in [0.25, 0.3) is 0 Å². The van der Waals surface area contributed by atoms with Gasteiger partial charge in [-0.25, -0.2) is 4.98 Å². The quantitative estimate of drug-likeness (QED) is 0.410. The van der Waals surface area contributed by atoms with Crippen LogP contribution in [0.5, 0.6) is 0 Å². The minimum absolute atomic E-state index is 0.159. The normalized spacial score (nSPS) is 17.0. The topological polar surface area (TPSA) is 94.8 Å². The average Bonchev–Trinajstić information content (AvgIpc) is 3.22. The van der Waals surface area contributed by atoms with Crippen molar-refractivity contribution in [2.45, 2.75) is 44.8 Å². The second kappa shape index (κ2) is 8.66. The van der Waals surface area contributed by atoms with Crippen molar-refractivity contribution in [2.24, 2.45) is 11.6 Å². The number of nitrogens with one attached hydrogen (secondary N) is 1. The lowest BCUT2D eigenvalue weighted by Gasteiger charge is -2.27. The van der Waals surface area contributed by atoms with Crippen LogP contribution < -0.4 is 17.0 Å². The van der Waals surface area contributed by atoms with Gasteiger partial charge in [-0.3, -0.25) is 10.8 Å². The lowest BCUT2D eigenvalue weighted by molar-refractivity contribution is -0.0961. The molecule has 3 aromatic rings. The number of fused-ring (bicyclic) bond motifs is 1. The Kier molecular flexibility index (Phi) is 5.92. The van der Waals surface area contributed by atoms with E-state index in [0.717, 1.165) is 25.8 Å². The van der Waals surface area contributed by atoms with Crippen LogP contribution in [0.2, 0.25) is 0 Å². The van der Waals surface area contributed by atoms with Crippen LogP contribution >= 0.6 is 0 Å². The highest BCUT2D eigenvalue weighted by atomic mass is 19.4. The highest BCUT2D eigenvalue weighted by Crippen LogP contribution is 2.35. The number of alkyl halides is 3. The lowest BCUT2D eigenvalue weighted by Crippen LogP contribution is -2.34. The Morgan fingerprint density at radius 1 is 1.22 bits per heavy atom. The molecule has 5 N–H and O–H groups in total. The summed E-state index contributed by atoms with van der Waals surface area (Å²) < 4.78 is 41.4. The van der Waals surface area contributed by atoms with Gasteiger partial charge >= 0.3 is 6.18 Å². The summed E-state index contributed by atoms with van der Waals surface area (Å²) >= 11 is 0. The SMILES string of the molecule is Cc1cccc2c1C(Cn1cnc(-c3cc(/C(N)=C(/NN)C(F)(F)F)ccn3)c1)CCC2. The summed E-state index contributed by atoms with van der Waals surface area (Å²) in [5.74, 6) is 5.44. The van der Waals surface area contributed by atoms with E-state index in [-0.39, 0.29) is 5.56 Å². The van der Waals surface area contributed by atoms with Gasteiger partial charge in [-0.2, -0.15) is 13.2 Å². The molecule has 0 spiro atoms. The fraction of sp³-hybridized carbons (Fsp3) is 0.304. The van der Waals surface area contributed by atoms with Crippen molar-refractivity contribution in [3.05, 3.63) is 77.0 Å². The fourth-order valence-corrected chi connectivity index (χ4v) is 4.45. The number of halogens is 3. The van der Waals surface area contributed by atoms with Gasteiger partial charge in [0.2, 0.25) is 0 Å². The second-order valence-electron chi connectivity index (χ2n) is 8.05.